The Morgan fingerprint density at radius 2 is 1.81 bits per heavy atom. The number of pyridine rings is 1. The predicted molar refractivity (Wildman–Crippen MR) is 109 cm³/mol. The van der Waals surface area contributed by atoms with Crippen molar-refractivity contribution < 1.29 is 14.5 Å². The van der Waals surface area contributed by atoms with Gasteiger partial charge in [0.2, 0.25) is 0 Å². The molecule has 0 saturated heterocycles. The number of aryl methyl sites for hydroxylation is 4. The normalized spacial score (nSPS) is 11.7. The van der Waals surface area contributed by atoms with Crippen LogP contribution in [-0.2, 0) is 18.4 Å². The van der Waals surface area contributed by atoms with E-state index in [9.17, 15) is 4.79 Å². The van der Waals surface area contributed by atoms with Crippen LogP contribution in [0, 0.1) is 13.8 Å². The molecule has 0 atom stereocenters. The van der Waals surface area contributed by atoms with Gasteiger partial charge in [0.05, 0.1) is 5.52 Å². The summed E-state index contributed by atoms with van der Waals surface area (Å²) >= 11 is 0. The summed E-state index contributed by atoms with van der Waals surface area (Å²) in [6, 6.07) is 10.8. The second-order valence-electron chi connectivity index (χ2n) is 7.41. The van der Waals surface area contributed by atoms with E-state index in [1.165, 1.54) is 43.7 Å². The van der Waals surface area contributed by atoms with Gasteiger partial charge >= 0.3 is 5.97 Å². The second kappa shape index (κ2) is 6.69. The lowest BCUT2D eigenvalue weighted by molar-refractivity contribution is -0.696. The number of hydrogen-bond acceptors (Lipinski definition) is 1. The van der Waals surface area contributed by atoms with Crippen LogP contribution in [-0.4, -0.2) is 15.6 Å². The fourth-order valence-electron chi connectivity index (χ4n) is 4.35. The lowest BCUT2D eigenvalue weighted by Crippen LogP contribution is -2.32. The maximum atomic E-state index is 10.7. The van der Waals surface area contributed by atoms with E-state index < -0.39 is 5.97 Å². The van der Waals surface area contributed by atoms with E-state index >= 15 is 0 Å². The van der Waals surface area contributed by atoms with Crippen LogP contribution in [0.15, 0.2) is 42.7 Å². The van der Waals surface area contributed by atoms with E-state index in [1.807, 2.05) is 0 Å². The fourth-order valence-corrected chi connectivity index (χ4v) is 4.35. The minimum Gasteiger partial charge on any atom is -0.481 e. The van der Waals surface area contributed by atoms with Crippen LogP contribution < -0.4 is 4.57 Å². The molecular formula is C23H25N2O2+. The third-order valence-corrected chi connectivity index (χ3v) is 5.72. The van der Waals surface area contributed by atoms with E-state index in [-0.39, 0.29) is 6.42 Å². The highest BCUT2D eigenvalue weighted by atomic mass is 16.4. The molecule has 0 saturated carbocycles. The Morgan fingerprint density at radius 1 is 1.04 bits per heavy atom. The Labute approximate surface area is 158 Å². The maximum Gasteiger partial charge on any atom is 0.303 e. The van der Waals surface area contributed by atoms with E-state index in [4.69, 9.17) is 5.11 Å². The van der Waals surface area contributed by atoms with Crippen LogP contribution in [0.4, 0.5) is 0 Å². The second-order valence-corrected chi connectivity index (χ2v) is 7.41. The van der Waals surface area contributed by atoms with Gasteiger partial charge in [0.15, 0.2) is 12.4 Å². The molecule has 138 valence electrons. The number of rotatable bonds is 5. The van der Waals surface area contributed by atoms with Crippen LogP contribution >= 0.6 is 0 Å². The molecular weight excluding hydrogens is 336 g/mol. The van der Waals surface area contributed by atoms with Gasteiger partial charge in [0.1, 0.15) is 6.54 Å². The first-order chi connectivity index (χ1) is 13.0. The smallest absolute Gasteiger partial charge is 0.303 e. The van der Waals surface area contributed by atoms with Crippen molar-refractivity contribution in [3.63, 3.8) is 0 Å². The van der Waals surface area contributed by atoms with Crippen LogP contribution in [0.3, 0.4) is 0 Å². The fraction of sp³-hybridized carbons (Fsp3) is 0.304. The quantitative estimate of drug-likeness (QED) is 0.416. The number of carboxylic acid groups (broad SMARTS) is 1. The average molecular weight is 361 g/mol. The predicted octanol–water partition coefficient (Wildman–Crippen LogP) is 4.64. The van der Waals surface area contributed by atoms with Gasteiger partial charge in [-0.2, -0.15) is 0 Å². The van der Waals surface area contributed by atoms with E-state index in [2.05, 4.69) is 72.8 Å². The van der Waals surface area contributed by atoms with E-state index in [0.29, 0.717) is 6.42 Å². The summed E-state index contributed by atoms with van der Waals surface area (Å²) in [5.41, 5.74) is 5.18. The molecule has 0 amide bonds. The van der Waals surface area contributed by atoms with Gasteiger partial charge in [-0.25, -0.2) is 4.57 Å². The third kappa shape index (κ3) is 2.85. The summed E-state index contributed by atoms with van der Waals surface area (Å²) in [6.45, 7) is 5.26. The van der Waals surface area contributed by atoms with Crippen molar-refractivity contribution in [1.82, 2.24) is 4.57 Å². The number of hydrogen-bond donors (Lipinski definition) is 1. The summed E-state index contributed by atoms with van der Waals surface area (Å²) < 4.78 is 4.49. The molecule has 4 rings (SSSR count). The maximum absolute atomic E-state index is 10.7. The topological polar surface area (TPSA) is 46.1 Å². The largest absolute Gasteiger partial charge is 0.481 e. The van der Waals surface area contributed by atoms with Crippen molar-refractivity contribution in [3.8, 4) is 0 Å². The Bertz CT molecular complexity index is 1190. The number of unbranched alkanes of at least 4 members (excludes halogenated alkanes) is 1. The zero-order valence-corrected chi connectivity index (χ0v) is 16.1. The van der Waals surface area contributed by atoms with Crippen molar-refractivity contribution in [1.29, 1.82) is 0 Å². The zero-order valence-electron chi connectivity index (χ0n) is 16.1. The number of para-hydroxylation sites is 1. The number of fused-ring (bicyclic) bond motifs is 4. The van der Waals surface area contributed by atoms with Gasteiger partial charge in [-0.15, -0.1) is 0 Å². The number of aliphatic carboxylic acids is 1. The SMILES string of the molecule is Cc1c2c[n+](CCCCC(=O)O)ccc2c(C)c2c1c1ccccc1n2C. The minimum absolute atomic E-state index is 0.239. The number of benzene rings is 2. The standard InChI is InChI=1S/C23H24N2O2/c1-15-19-14-25(12-7-6-10-21(26)27)13-11-17(19)16(2)23-22(15)18-8-4-5-9-20(18)24(23)3/h4-5,8-9,11,13-14H,6-7,10,12H2,1-3H3/p+1. The number of carbonyl (C=O) groups is 1. The van der Waals surface area contributed by atoms with E-state index in [1.54, 1.807) is 0 Å². The molecule has 2 aromatic heterocycles. The third-order valence-electron chi connectivity index (χ3n) is 5.72. The molecule has 0 radical (unpaired) electrons. The van der Waals surface area contributed by atoms with Crippen molar-refractivity contribution in [2.75, 3.05) is 0 Å². The van der Waals surface area contributed by atoms with Gasteiger partial charge in [0.25, 0.3) is 0 Å². The molecule has 27 heavy (non-hydrogen) atoms. The van der Waals surface area contributed by atoms with Crippen molar-refractivity contribution in [2.45, 2.75) is 39.7 Å². The van der Waals surface area contributed by atoms with Crippen LogP contribution in [0.1, 0.15) is 30.4 Å². The number of nitrogens with zero attached hydrogens (tertiary/aromatic N) is 2. The van der Waals surface area contributed by atoms with Gasteiger partial charge in [-0.1, -0.05) is 18.2 Å². The number of carboxylic acids is 1. The monoisotopic (exact) mass is 361 g/mol. The molecule has 0 spiro atoms. The Morgan fingerprint density at radius 3 is 2.59 bits per heavy atom. The zero-order chi connectivity index (χ0) is 19.1. The average Bonchev–Trinajstić information content (AvgIpc) is 2.96. The molecule has 0 unspecified atom stereocenters. The summed E-state index contributed by atoms with van der Waals surface area (Å²) in [5.74, 6) is -0.719. The van der Waals surface area contributed by atoms with Crippen molar-refractivity contribution >= 4 is 38.5 Å². The lowest BCUT2D eigenvalue weighted by Gasteiger charge is -2.10. The van der Waals surface area contributed by atoms with Gasteiger partial charge in [0, 0.05) is 47.6 Å². The van der Waals surface area contributed by atoms with Gasteiger partial charge in [-0.05, 0) is 42.8 Å². The minimum atomic E-state index is -0.719. The summed E-state index contributed by atoms with van der Waals surface area (Å²) in [4.78, 5) is 10.7. The van der Waals surface area contributed by atoms with E-state index in [0.717, 1.165) is 13.0 Å². The Balaban J connectivity index is 1.86. The highest BCUT2D eigenvalue weighted by Crippen LogP contribution is 2.37. The van der Waals surface area contributed by atoms with Gasteiger partial charge in [-0.3, -0.25) is 4.79 Å². The molecule has 1 N–H and O–H groups in total. The lowest BCUT2D eigenvalue weighted by atomic mass is 9.97. The molecule has 0 aliphatic carbocycles. The van der Waals surface area contributed by atoms with Crippen molar-refractivity contribution in [3.05, 3.63) is 53.9 Å². The molecule has 0 aliphatic heterocycles. The summed E-state index contributed by atoms with van der Waals surface area (Å²) in [6.07, 6.45) is 6.16. The van der Waals surface area contributed by atoms with Crippen LogP contribution in [0.25, 0.3) is 32.6 Å². The first kappa shape index (κ1) is 17.5. The van der Waals surface area contributed by atoms with Crippen LogP contribution in [0.5, 0.6) is 0 Å². The highest BCUT2D eigenvalue weighted by Gasteiger charge is 2.18. The van der Waals surface area contributed by atoms with Crippen LogP contribution in [0.2, 0.25) is 0 Å². The molecule has 0 fully saturated rings. The summed E-state index contributed by atoms with van der Waals surface area (Å²) in [5, 5.41) is 14.0. The highest BCUT2D eigenvalue weighted by molar-refractivity contribution is 6.16. The first-order valence-electron chi connectivity index (χ1n) is 9.50. The molecule has 4 nitrogen and oxygen atoms in total. The molecule has 4 aromatic rings. The molecule has 2 aromatic carbocycles. The molecule has 4 heteroatoms. The Kier molecular flexibility index (Phi) is 4.34. The first-order valence-corrected chi connectivity index (χ1v) is 9.50. The molecule has 2 heterocycles. The Hall–Kier alpha value is -2.88. The summed E-state index contributed by atoms with van der Waals surface area (Å²) in [7, 11) is 2.15. The molecule has 0 aliphatic rings. The van der Waals surface area contributed by atoms with Gasteiger partial charge < -0.3 is 9.67 Å². The van der Waals surface area contributed by atoms with Crippen molar-refractivity contribution in [2.24, 2.45) is 7.05 Å². The molecule has 0 bridgehead atoms. The number of aromatic nitrogens is 2.